The van der Waals surface area contributed by atoms with E-state index in [9.17, 15) is 9.18 Å². The number of fused-ring (bicyclic) bond motifs is 1. The number of carbonyl (C=O) groups excluding carboxylic acids is 1. The number of hydrogen-bond acceptors (Lipinski definition) is 3. The number of halogens is 1. The van der Waals surface area contributed by atoms with Crippen LogP contribution in [0.5, 0.6) is 0 Å². The van der Waals surface area contributed by atoms with Gasteiger partial charge in [-0.25, -0.2) is 9.18 Å². The molecule has 0 N–H and O–H groups in total. The molecule has 4 rings (SSSR count). The zero-order valence-electron chi connectivity index (χ0n) is 14.0. The Morgan fingerprint density at radius 1 is 1.04 bits per heavy atom. The number of pyridine rings is 1. The lowest BCUT2D eigenvalue weighted by Crippen LogP contribution is -2.51. The van der Waals surface area contributed by atoms with Crippen LogP contribution >= 0.6 is 0 Å². The van der Waals surface area contributed by atoms with E-state index in [1.165, 1.54) is 12.1 Å². The lowest BCUT2D eigenvalue weighted by Gasteiger charge is -2.36. The number of rotatable bonds is 4. The Hall–Kier alpha value is -2.47. The molecule has 2 saturated heterocycles. The first-order valence-electron chi connectivity index (χ1n) is 8.61. The number of nitrogens with zero attached hydrogens (tertiary/aromatic N) is 4. The van der Waals surface area contributed by atoms with Crippen LogP contribution in [0.15, 0.2) is 48.7 Å². The number of amides is 2. The average Bonchev–Trinajstić information content (AvgIpc) is 2.93. The minimum Gasteiger partial charge on any atom is -0.318 e. The predicted octanol–water partition coefficient (Wildman–Crippen LogP) is 2.34. The molecule has 2 amide bonds. The summed E-state index contributed by atoms with van der Waals surface area (Å²) in [7, 11) is 0. The quantitative estimate of drug-likeness (QED) is 0.858. The number of hydrogen-bond donors (Lipinski definition) is 0. The minimum atomic E-state index is -0.251. The molecule has 0 bridgehead atoms. The number of aromatic nitrogens is 1. The highest BCUT2D eigenvalue weighted by molar-refractivity contribution is 5.77. The summed E-state index contributed by atoms with van der Waals surface area (Å²) in [4.78, 5) is 23.2. The first-order valence-corrected chi connectivity index (χ1v) is 8.61. The topological polar surface area (TPSA) is 39.7 Å². The maximum Gasteiger partial charge on any atom is 0.320 e. The van der Waals surface area contributed by atoms with E-state index < -0.39 is 0 Å². The van der Waals surface area contributed by atoms with Crippen molar-refractivity contribution in [1.29, 1.82) is 0 Å². The van der Waals surface area contributed by atoms with Gasteiger partial charge < -0.3 is 9.80 Å². The van der Waals surface area contributed by atoms with Crippen molar-refractivity contribution in [1.82, 2.24) is 19.7 Å². The Bertz CT molecular complexity index is 737. The molecule has 6 heteroatoms. The van der Waals surface area contributed by atoms with Gasteiger partial charge in [-0.2, -0.15) is 0 Å². The third-order valence-corrected chi connectivity index (χ3v) is 4.91. The molecular formula is C19H21FN4O. The summed E-state index contributed by atoms with van der Waals surface area (Å²) in [5, 5.41) is 0. The van der Waals surface area contributed by atoms with Crippen LogP contribution in [0.2, 0.25) is 0 Å². The van der Waals surface area contributed by atoms with Gasteiger partial charge in [0.2, 0.25) is 0 Å². The van der Waals surface area contributed by atoms with E-state index >= 15 is 0 Å². The second-order valence-electron chi connectivity index (χ2n) is 6.69. The van der Waals surface area contributed by atoms with E-state index in [0.29, 0.717) is 6.54 Å². The van der Waals surface area contributed by atoms with Crippen LogP contribution in [0.4, 0.5) is 9.18 Å². The Morgan fingerprint density at radius 3 is 2.64 bits per heavy atom. The maximum absolute atomic E-state index is 13.0. The zero-order valence-corrected chi connectivity index (χ0v) is 14.0. The molecule has 3 heterocycles. The predicted molar refractivity (Wildman–Crippen MR) is 92.2 cm³/mol. The number of piperazine rings is 1. The molecule has 2 aliphatic heterocycles. The van der Waals surface area contributed by atoms with E-state index in [1.54, 1.807) is 12.1 Å². The Balaban J connectivity index is 1.38. The smallest absolute Gasteiger partial charge is 0.318 e. The van der Waals surface area contributed by atoms with Crippen LogP contribution in [-0.2, 0) is 13.1 Å². The Labute approximate surface area is 146 Å². The third-order valence-electron chi connectivity index (χ3n) is 4.91. The number of urea groups is 1. The first-order chi connectivity index (χ1) is 12.2. The highest BCUT2D eigenvalue weighted by Gasteiger charge is 2.40. The molecule has 1 atom stereocenters. The van der Waals surface area contributed by atoms with Gasteiger partial charge in [-0.1, -0.05) is 18.2 Å². The second kappa shape index (κ2) is 6.80. The van der Waals surface area contributed by atoms with Crippen LogP contribution < -0.4 is 0 Å². The largest absolute Gasteiger partial charge is 0.320 e. The van der Waals surface area contributed by atoms with Gasteiger partial charge in [0.1, 0.15) is 5.82 Å². The van der Waals surface area contributed by atoms with Gasteiger partial charge >= 0.3 is 6.03 Å². The summed E-state index contributed by atoms with van der Waals surface area (Å²) in [5.74, 6) is -0.251. The highest BCUT2D eigenvalue weighted by atomic mass is 19.1. The van der Waals surface area contributed by atoms with E-state index in [0.717, 1.165) is 44.0 Å². The average molecular weight is 340 g/mol. The SMILES string of the molecule is O=C1N(Cc2ccc(F)cc2)CC2CN(Cc3ccccn3)CCN12. The van der Waals surface area contributed by atoms with Crippen molar-refractivity contribution in [2.75, 3.05) is 26.2 Å². The van der Waals surface area contributed by atoms with Crippen molar-refractivity contribution in [2.45, 2.75) is 19.1 Å². The van der Waals surface area contributed by atoms with Crippen LogP contribution in [0, 0.1) is 5.82 Å². The summed E-state index contributed by atoms with van der Waals surface area (Å²) in [6.07, 6.45) is 1.81. The van der Waals surface area contributed by atoms with Crippen LogP contribution in [0.1, 0.15) is 11.3 Å². The summed E-state index contributed by atoms with van der Waals surface area (Å²) in [6, 6.07) is 12.6. The van der Waals surface area contributed by atoms with Crippen molar-refractivity contribution >= 4 is 6.03 Å². The molecule has 1 aromatic carbocycles. The van der Waals surface area contributed by atoms with Crippen molar-refractivity contribution < 1.29 is 9.18 Å². The van der Waals surface area contributed by atoms with E-state index in [1.807, 2.05) is 34.2 Å². The van der Waals surface area contributed by atoms with Crippen molar-refractivity contribution in [3.63, 3.8) is 0 Å². The minimum absolute atomic E-state index is 0.0896. The van der Waals surface area contributed by atoms with Gasteiger partial charge in [0.25, 0.3) is 0 Å². The summed E-state index contributed by atoms with van der Waals surface area (Å²) in [6.45, 7) is 4.54. The third kappa shape index (κ3) is 3.49. The maximum atomic E-state index is 13.0. The molecular weight excluding hydrogens is 319 g/mol. The van der Waals surface area contributed by atoms with Crippen molar-refractivity contribution in [2.24, 2.45) is 0 Å². The fourth-order valence-electron chi connectivity index (χ4n) is 3.65. The standard InChI is InChI=1S/C19H21FN4O/c20-16-6-4-15(5-7-16)11-23-14-18-13-22(9-10-24(18)19(23)25)12-17-3-1-2-8-21-17/h1-8,18H,9-14H2. The lowest BCUT2D eigenvalue weighted by atomic mass is 10.1. The Morgan fingerprint density at radius 2 is 1.88 bits per heavy atom. The molecule has 0 aliphatic carbocycles. The van der Waals surface area contributed by atoms with Crippen molar-refractivity contribution in [3.8, 4) is 0 Å². The van der Waals surface area contributed by atoms with Gasteiger partial charge in [0.05, 0.1) is 11.7 Å². The van der Waals surface area contributed by atoms with E-state index in [2.05, 4.69) is 9.88 Å². The van der Waals surface area contributed by atoms with Gasteiger partial charge in [-0.15, -0.1) is 0 Å². The highest BCUT2D eigenvalue weighted by Crippen LogP contribution is 2.23. The molecule has 2 fully saturated rings. The zero-order chi connectivity index (χ0) is 17.2. The van der Waals surface area contributed by atoms with Gasteiger partial charge in [0, 0.05) is 45.5 Å². The fourth-order valence-corrected chi connectivity index (χ4v) is 3.65. The molecule has 0 saturated carbocycles. The molecule has 2 aliphatic rings. The molecule has 25 heavy (non-hydrogen) atoms. The number of benzene rings is 1. The second-order valence-corrected chi connectivity index (χ2v) is 6.69. The first kappa shape index (κ1) is 16.0. The van der Waals surface area contributed by atoms with Gasteiger partial charge in [0.15, 0.2) is 0 Å². The molecule has 0 spiro atoms. The monoisotopic (exact) mass is 340 g/mol. The van der Waals surface area contributed by atoms with Gasteiger partial charge in [-0.05, 0) is 29.8 Å². The fraction of sp³-hybridized carbons (Fsp3) is 0.368. The van der Waals surface area contributed by atoms with E-state index in [4.69, 9.17) is 0 Å². The lowest BCUT2D eigenvalue weighted by molar-refractivity contribution is 0.115. The van der Waals surface area contributed by atoms with Crippen LogP contribution in [0.25, 0.3) is 0 Å². The molecule has 1 unspecified atom stereocenters. The molecule has 1 aromatic heterocycles. The molecule has 5 nitrogen and oxygen atoms in total. The molecule has 0 radical (unpaired) electrons. The van der Waals surface area contributed by atoms with Gasteiger partial charge in [-0.3, -0.25) is 9.88 Å². The molecule has 130 valence electrons. The normalized spacial score (nSPS) is 20.8. The van der Waals surface area contributed by atoms with Crippen molar-refractivity contribution in [3.05, 3.63) is 65.7 Å². The number of carbonyl (C=O) groups is 1. The van der Waals surface area contributed by atoms with Crippen LogP contribution in [-0.4, -0.2) is 57.9 Å². The molecule has 2 aromatic rings. The summed E-state index contributed by atoms with van der Waals surface area (Å²) >= 11 is 0. The van der Waals surface area contributed by atoms with E-state index in [-0.39, 0.29) is 17.9 Å². The van der Waals surface area contributed by atoms with Crippen LogP contribution in [0.3, 0.4) is 0 Å². The summed E-state index contributed by atoms with van der Waals surface area (Å²) < 4.78 is 13.0. The Kier molecular flexibility index (Phi) is 4.36. The summed E-state index contributed by atoms with van der Waals surface area (Å²) in [5.41, 5.74) is 2.02.